The van der Waals surface area contributed by atoms with Gasteiger partial charge >= 0.3 is 5.97 Å². The molecule has 0 spiro atoms. The van der Waals surface area contributed by atoms with Gasteiger partial charge in [0, 0.05) is 11.1 Å². The van der Waals surface area contributed by atoms with Crippen LogP contribution in [0.1, 0.15) is 40.4 Å². The normalized spacial score (nSPS) is 13.0. The Labute approximate surface area is 189 Å². The first-order chi connectivity index (χ1) is 14.9. The number of aromatic carboxylic acids is 1. The lowest BCUT2D eigenvalue weighted by atomic mass is 10.0. The molecule has 0 atom stereocenters. The van der Waals surface area contributed by atoms with E-state index in [4.69, 9.17) is 17.3 Å². The van der Waals surface area contributed by atoms with E-state index in [2.05, 4.69) is 34.0 Å². The zero-order valence-electron chi connectivity index (χ0n) is 16.8. The summed E-state index contributed by atoms with van der Waals surface area (Å²) in [5.41, 5.74) is 8.66. The first-order valence-electron chi connectivity index (χ1n) is 9.80. The van der Waals surface area contributed by atoms with Crippen molar-refractivity contribution in [1.82, 2.24) is 5.43 Å². The molecule has 0 saturated heterocycles. The van der Waals surface area contributed by atoms with E-state index < -0.39 is 5.97 Å². The minimum atomic E-state index is -0.984. The number of anilines is 1. The molecule has 0 aliphatic heterocycles. The van der Waals surface area contributed by atoms with Crippen molar-refractivity contribution < 1.29 is 15.0 Å². The van der Waals surface area contributed by atoms with E-state index in [1.165, 1.54) is 41.0 Å². The summed E-state index contributed by atoms with van der Waals surface area (Å²) < 4.78 is 0. The number of benzene rings is 2. The van der Waals surface area contributed by atoms with Gasteiger partial charge in [-0.05, 0) is 85.4 Å². The van der Waals surface area contributed by atoms with Crippen LogP contribution in [0.4, 0.5) is 5.69 Å². The molecule has 1 aliphatic carbocycles. The first-order valence-corrected chi connectivity index (χ1v) is 11.1. The van der Waals surface area contributed by atoms with E-state index >= 15 is 0 Å². The fourth-order valence-corrected chi connectivity index (χ4v) is 4.74. The van der Waals surface area contributed by atoms with Crippen LogP contribution in [0.3, 0.4) is 0 Å². The number of carboxylic acids is 1. The van der Waals surface area contributed by atoms with Gasteiger partial charge in [-0.15, -0.1) is 11.3 Å². The van der Waals surface area contributed by atoms with E-state index in [-0.39, 0.29) is 16.4 Å². The maximum Gasteiger partial charge on any atom is 0.335 e. The van der Waals surface area contributed by atoms with Gasteiger partial charge in [0.1, 0.15) is 5.75 Å². The Hall–Kier alpha value is -3.23. The SMILES string of the molecule is C/C(=N\NC(=S)Nc1ccc(C(=O)O)cc1)c1csc(-c2ccc3c(c2)CCC3)c1O. The molecule has 1 aromatic heterocycles. The Morgan fingerprint density at radius 3 is 2.61 bits per heavy atom. The first kappa shape index (κ1) is 21.0. The van der Waals surface area contributed by atoms with Gasteiger partial charge in [0.05, 0.1) is 21.7 Å². The number of nitrogens with zero attached hydrogens (tertiary/aromatic N) is 1. The summed E-state index contributed by atoms with van der Waals surface area (Å²) >= 11 is 6.73. The number of carbonyl (C=O) groups is 1. The highest BCUT2D eigenvalue weighted by Crippen LogP contribution is 2.40. The summed E-state index contributed by atoms with van der Waals surface area (Å²) in [6, 6.07) is 12.6. The molecule has 0 amide bonds. The van der Waals surface area contributed by atoms with Crippen LogP contribution in [0.5, 0.6) is 5.75 Å². The van der Waals surface area contributed by atoms with Crippen LogP contribution < -0.4 is 10.7 Å². The van der Waals surface area contributed by atoms with Gasteiger partial charge in [-0.2, -0.15) is 5.10 Å². The number of fused-ring (bicyclic) bond motifs is 1. The predicted octanol–water partition coefficient (Wildman–Crippen LogP) is 5.02. The summed E-state index contributed by atoms with van der Waals surface area (Å²) in [4.78, 5) is 11.8. The fraction of sp³-hybridized carbons (Fsp3) is 0.174. The zero-order valence-corrected chi connectivity index (χ0v) is 18.4. The number of thiocarbonyl (C=S) groups is 1. The number of aryl methyl sites for hydroxylation is 2. The quantitative estimate of drug-likeness (QED) is 0.247. The maximum absolute atomic E-state index is 10.9. The molecule has 0 bridgehead atoms. The maximum atomic E-state index is 10.9. The van der Waals surface area contributed by atoms with Crippen LogP contribution in [0, 0.1) is 0 Å². The Balaban J connectivity index is 1.44. The van der Waals surface area contributed by atoms with Gasteiger partial charge in [-0.25, -0.2) is 4.79 Å². The van der Waals surface area contributed by atoms with Gasteiger partial charge in [-0.3, -0.25) is 5.43 Å². The molecule has 1 aliphatic rings. The number of nitrogens with one attached hydrogen (secondary N) is 2. The smallest absolute Gasteiger partial charge is 0.335 e. The Kier molecular flexibility index (Phi) is 6.01. The Morgan fingerprint density at radius 1 is 1.13 bits per heavy atom. The second-order valence-electron chi connectivity index (χ2n) is 7.31. The number of hydrogen-bond acceptors (Lipinski definition) is 5. The molecule has 6 nitrogen and oxygen atoms in total. The molecule has 31 heavy (non-hydrogen) atoms. The van der Waals surface area contributed by atoms with Crippen molar-refractivity contribution in [2.45, 2.75) is 26.2 Å². The summed E-state index contributed by atoms with van der Waals surface area (Å²) in [6.07, 6.45) is 3.41. The Bertz CT molecular complexity index is 1180. The minimum absolute atomic E-state index is 0.199. The molecule has 2 aromatic carbocycles. The zero-order chi connectivity index (χ0) is 22.0. The van der Waals surface area contributed by atoms with E-state index in [1.807, 2.05) is 5.38 Å². The highest BCUT2D eigenvalue weighted by molar-refractivity contribution is 7.80. The fourth-order valence-electron chi connectivity index (χ4n) is 3.58. The highest BCUT2D eigenvalue weighted by atomic mass is 32.1. The van der Waals surface area contributed by atoms with Crippen molar-refractivity contribution in [3.63, 3.8) is 0 Å². The van der Waals surface area contributed by atoms with Gasteiger partial charge in [0.2, 0.25) is 0 Å². The topological polar surface area (TPSA) is 94.0 Å². The lowest BCUT2D eigenvalue weighted by Gasteiger charge is -2.08. The molecule has 1 heterocycles. The standard InChI is InChI=1S/C23H21N3O3S2/c1-13(25-26-23(30)24-18-9-7-15(8-10-18)22(28)29)19-12-31-21(20(19)27)17-6-5-14-3-2-4-16(14)11-17/h5-12,27H,2-4H2,1H3,(H,28,29)(H2,24,26,30)/b25-13+. The highest BCUT2D eigenvalue weighted by Gasteiger charge is 2.17. The third-order valence-electron chi connectivity index (χ3n) is 5.23. The van der Waals surface area contributed by atoms with Crippen molar-refractivity contribution in [3.8, 4) is 16.2 Å². The number of aromatic hydroxyl groups is 1. The number of thiophene rings is 1. The molecule has 0 fully saturated rings. The number of hydrazone groups is 1. The second-order valence-corrected chi connectivity index (χ2v) is 8.60. The van der Waals surface area contributed by atoms with Gasteiger partial charge in [-0.1, -0.05) is 12.1 Å². The molecule has 3 aromatic rings. The number of rotatable bonds is 5. The third-order valence-corrected chi connectivity index (χ3v) is 6.44. The number of hydrogen-bond donors (Lipinski definition) is 4. The predicted molar refractivity (Wildman–Crippen MR) is 128 cm³/mol. The minimum Gasteiger partial charge on any atom is -0.506 e. The molecule has 0 radical (unpaired) electrons. The van der Waals surface area contributed by atoms with Gasteiger partial charge < -0.3 is 15.5 Å². The van der Waals surface area contributed by atoms with E-state index in [0.29, 0.717) is 17.0 Å². The Morgan fingerprint density at radius 2 is 1.87 bits per heavy atom. The molecule has 4 rings (SSSR count). The molecule has 0 unspecified atom stereocenters. The van der Waals surface area contributed by atoms with Crippen LogP contribution in [0.15, 0.2) is 52.9 Å². The average Bonchev–Trinajstić information content (AvgIpc) is 3.38. The molecule has 0 saturated carbocycles. The molecule has 4 N–H and O–H groups in total. The molecular weight excluding hydrogens is 430 g/mol. The second kappa shape index (κ2) is 8.87. The van der Waals surface area contributed by atoms with Crippen LogP contribution in [-0.4, -0.2) is 27.0 Å². The van der Waals surface area contributed by atoms with E-state index in [1.54, 1.807) is 19.1 Å². The summed E-state index contributed by atoms with van der Waals surface area (Å²) in [6.45, 7) is 1.80. The number of carboxylic acid groups (broad SMARTS) is 1. The molecule has 8 heteroatoms. The van der Waals surface area contributed by atoms with Crippen LogP contribution >= 0.6 is 23.6 Å². The summed E-state index contributed by atoms with van der Waals surface area (Å²) in [5, 5.41) is 29.1. The van der Waals surface area contributed by atoms with Crippen molar-refractivity contribution in [2.24, 2.45) is 5.10 Å². The van der Waals surface area contributed by atoms with Gasteiger partial charge in [0.15, 0.2) is 5.11 Å². The lowest BCUT2D eigenvalue weighted by Crippen LogP contribution is -2.24. The largest absolute Gasteiger partial charge is 0.506 e. The van der Waals surface area contributed by atoms with E-state index in [9.17, 15) is 9.90 Å². The third kappa shape index (κ3) is 4.60. The van der Waals surface area contributed by atoms with Crippen molar-refractivity contribution in [1.29, 1.82) is 0 Å². The van der Waals surface area contributed by atoms with Gasteiger partial charge in [0.25, 0.3) is 0 Å². The van der Waals surface area contributed by atoms with Crippen molar-refractivity contribution in [2.75, 3.05) is 5.32 Å². The van der Waals surface area contributed by atoms with Crippen molar-refractivity contribution in [3.05, 3.63) is 70.1 Å². The molecule has 158 valence electrons. The van der Waals surface area contributed by atoms with Crippen LogP contribution in [0.25, 0.3) is 10.4 Å². The average molecular weight is 452 g/mol. The van der Waals surface area contributed by atoms with E-state index in [0.717, 1.165) is 23.3 Å². The summed E-state index contributed by atoms with van der Waals surface area (Å²) in [5.74, 6) is -0.767. The van der Waals surface area contributed by atoms with Crippen LogP contribution in [0.2, 0.25) is 0 Å². The van der Waals surface area contributed by atoms with Crippen LogP contribution in [-0.2, 0) is 12.8 Å². The van der Waals surface area contributed by atoms with Crippen molar-refractivity contribution >= 4 is 46.0 Å². The molecular formula is C23H21N3O3S2. The summed E-state index contributed by atoms with van der Waals surface area (Å²) in [7, 11) is 0. The monoisotopic (exact) mass is 451 g/mol. The lowest BCUT2D eigenvalue weighted by molar-refractivity contribution is 0.0697.